The van der Waals surface area contributed by atoms with E-state index in [0.29, 0.717) is 5.75 Å². The minimum absolute atomic E-state index is 0.0198. The van der Waals surface area contributed by atoms with Gasteiger partial charge in [-0.3, -0.25) is 14.5 Å². The van der Waals surface area contributed by atoms with Crippen LogP contribution in [0.25, 0.3) is 0 Å². The van der Waals surface area contributed by atoms with E-state index in [1.54, 1.807) is 31.4 Å². The number of hydrogen-bond donors (Lipinski definition) is 3. The molecule has 0 saturated carbocycles. The SMILES string of the molecule is COc1ccc(CN2C(=O)NC(CC(=O)NC3CC(C)(C)NC(C)(C)C3)C2=O)cc1. The molecule has 8 nitrogen and oxygen atoms in total. The lowest BCUT2D eigenvalue weighted by atomic mass is 9.79. The van der Waals surface area contributed by atoms with Crippen LogP contribution in [0.3, 0.4) is 0 Å². The molecule has 1 aromatic carbocycles. The second-order valence-corrected chi connectivity index (χ2v) is 9.54. The maximum absolute atomic E-state index is 12.7. The van der Waals surface area contributed by atoms with E-state index >= 15 is 0 Å². The van der Waals surface area contributed by atoms with E-state index in [0.717, 1.165) is 23.3 Å². The molecule has 0 aliphatic carbocycles. The van der Waals surface area contributed by atoms with Gasteiger partial charge in [0.15, 0.2) is 0 Å². The Balaban J connectivity index is 1.57. The Kier molecular flexibility index (Phi) is 6.08. The fraction of sp³-hybridized carbons (Fsp3) is 0.591. The second-order valence-electron chi connectivity index (χ2n) is 9.54. The zero-order valence-electron chi connectivity index (χ0n) is 18.4. The lowest BCUT2D eigenvalue weighted by molar-refractivity contribution is -0.131. The number of methoxy groups -OCH3 is 1. The van der Waals surface area contributed by atoms with Crippen molar-refractivity contribution in [2.45, 2.75) is 76.7 Å². The third-order valence-electron chi connectivity index (χ3n) is 5.55. The Labute approximate surface area is 177 Å². The van der Waals surface area contributed by atoms with E-state index in [-0.39, 0.29) is 41.9 Å². The van der Waals surface area contributed by atoms with Crippen LogP contribution in [0.5, 0.6) is 5.75 Å². The summed E-state index contributed by atoms with van der Waals surface area (Å²) >= 11 is 0. The molecule has 0 radical (unpaired) electrons. The van der Waals surface area contributed by atoms with E-state index in [4.69, 9.17) is 4.74 Å². The van der Waals surface area contributed by atoms with Crippen LogP contribution in [0.2, 0.25) is 0 Å². The lowest BCUT2D eigenvalue weighted by Gasteiger charge is -2.46. The number of urea groups is 1. The first-order valence-corrected chi connectivity index (χ1v) is 10.3. The van der Waals surface area contributed by atoms with Gasteiger partial charge in [0.2, 0.25) is 5.91 Å². The molecule has 0 aromatic heterocycles. The second kappa shape index (κ2) is 8.26. The monoisotopic (exact) mass is 416 g/mol. The molecule has 8 heteroatoms. The minimum Gasteiger partial charge on any atom is -0.497 e. The topological polar surface area (TPSA) is 99.8 Å². The van der Waals surface area contributed by atoms with Gasteiger partial charge in [0, 0.05) is 17.1 Å². The number of benzene rings is 1. The summed E-state index contributed by atoms with van der Waals surface area (Å²) in [5.74, 6) is 0.102. The Hall–Kier alpha value is -2.61. The molecule has 2 aliphatic rings. The number of carbonyl (C=O) groups excluding carboxylic acids is 3. The Bertz CT molecular complexity index is 803. The summed E-state index contributed by atoms with van der Waals surface area (Å²) in [5.41, 5.74) is 0.627. The molecule has 3 rings (SSSR count). The minimum atomic E-state index is -0.835. The van der Waals surface area contributed by atoms with Crippen molar-refractivity contribution in [2.75, 3.05) is 7.11 Å². The molecule has 2 aliphatic heterocycles. The van der Waals surface area contributed by atoms with Gasteiger partial charge in [0.25, 0.3) is 5.91 Å². The van der Waals surface area contributed by atoms with Crippen molar-refractivity contribution in [1.82, 2.24) is 20.9 Å². The maximum atomic E-state index is 12.7. The third-order valence-corrected chi connectivity index (χ3v) is 5.55. The first kappa shape index (κ1) is 22.1. The summed E-state index contributed by atoms with van der Waals surface area (Å²) < 4.78 is 5.12. The largest absolute Gasteiger partial charge is 0.497 e. The summed E-state index contributed by atoms with van der Waals surface area (Å²) in [6.45, 7) is 8.62. The Morgan fingerprint density at radius 3 is 2.30 bits per heavy atom. The van der Waals surface area contributed by atoms with E-state index in [1.807, 2.05) is 0 Å². The van der Waals surface area contributed by atoms with Crippen molar-refractivity contribution < 1.29 is 19.1 Å². The van der Waals surface area contributed by atoms with Crippen LogP contribution in [0.15, 0.2) is 24.3 Å². The molecule has 0 spiro atoms. The molecule has 3 N–H and O–H groups in total. The average Bonchev–Trinajstić information content (AvgIpc) is 2.87. The number of carbonyl (C=O) groups is 3. The number of hydrogen-bond acceptors (Lipinski definition) is 5. The smallest absolute Gasteiger partial charge is 0.325 e. The molecule has 2 saturated heterocycles. The van der Waals surface area contributed by atoms with Crippen LogP contribution >= 0.6 is 0 Å². The summed E-state index contributed by atoms with van der Waals surface area (Å²) in [5, 5.41) is 9.27. The molecular formula is C22H32N4O4. The fourth-order valence-corrected chi connectivity index (χ4v) is 4.67. The molecule has 2 heterocycles. The standard InChI is InChI=1S/C22H32N4O4/c1-21(2)11-15(12-22(3,4)25-21)23-18(27)10-17-19(28)26(20(29)24-17)13-14-6-8-16(30-5)9-7-14/h6-9,15,17,25H,10-13H2,1-5H3,(H,23,27)(H,24,29). The highest BCUT2D eigenvalue weighted by molar-refractivity contribution is 6.05. The molecule has 4 amide bonds. The van der Waals surface area contributed by atoms with Gasteiger partial charge >= 0.3 is 6.03 Å². The number of rotatable bonds is 6. The van der Waals surface area contributed by atoms with Gasteiger partial charge < -0.3 is 20.7 Å². The number of nitrogens with zero attached hydrogens (tertiary/aromatic N) is 1. The fourth-order valence-electron chi connectivity index (χ4n) is 4.67. The first-order chi connectivity index (χ1) is 14.0. The summed E-state index contributed by atoms with van der Waals surface area (Å²) in [6, 6.07) is 5.88. The zero-order valence-corrected chi connectivity index (χ0v) is 18.4. The molecule has 0 bridgehead atoms. The number of imide groups is 1. The van der Waals surface area contributed by atoms with Crippen LogP contribution < -0.4 is 20.7 Å². The van der Waals surface area contributed by atoms with Crippen molar-refractivity contribution in [3.8, 4) is 5.75 Å². The predicted molar refractivity (Wildman–Crippen MR) is 113 cm³/mol. The van der Waals surface area contributed by atoms with Gasteiger partial charge in [-0.05, 0) is 58.2 Å². The van der Waals surface area contributed by atoms with E-state index < -0.39 is 12.1 Å². The van der Waals surface area contributed by atoms with Crippen LogP contribution in [0.4, 0.5) is 4.79 Å². The van der Waals surface area contributed by atoms with Gasteiger partial charge in [-0.1, -0.05) is 12.1 Å². The van der Waals surface area contributed by atoms with Crippen molar-refractivity contribution in [1.29, 1.82) is 0 Å². The molecular weight excluding hydrogens is 384 g/mol. The molecule has 164 valence electrons. The summed E-state index contributed by atoms with van der Waals surface area (Å²) in [4.78, 5) is 38.8. The number of amides is 4. The average molecular weight is 417 g/mol. The quantitative estimate of drug-likeness (QED) is 0.616. The number of ether oxygens (including phenoxy) is 1. The van der Waals surface area contributed by atoms with Gasteiger partial charge in [-0.15, -0.1) is 0 Å². The summed E-state index contributed by atoms with van der Waals surface area (Å²) in [7, 11) is 1.58. The van der Waals surface area contributed by atoms with Crippen LogP contribution in [0, 0.1) is 0 Å². The van der Waals surface area contributed by atoms with E-state index in [2.05, 4.69) is 43.6 Å². The van der Waals surface area contributed by atoms with Crippen molar-refractivity contribution in [3.05, 3.63) is 29.8 Å². The van der Waals surface area contributed by atoms with E-state index in [1.165, 1.54) is 0 Å². The Morgan fingerprint density at radius 1 is 1.13 bits per heavy atom. The zero-order chi connectivity index (χ0) is 22.1. The van der Waals surface area contributed by atoms with Crippen molar-refractivity contribution >= 4 is 17.8 Å². The molecule has 1 unspecified atom stereocenters. The highest BCUT2D eigenvalue weighted by Gasteiger charge is 2.41. The Morgan fingerprint density at radius 2 is 1.73 bits per heavy atom. The molecule has 1 atom stereocenters. The van der Waals surface area contributed by atoms with Gasteiger partial charge in [-0.2, -0.15) is 0 Å². The normalized spacial score (nSPS) is 23.2. The molecule has 30 heavy (non-hydrogen) atoms. The van der Waals surface area contributed by atoms with Gasteiger partial charge in [-0.25, -0.2) is 4.79 Å². The number of nitrogens with one attached hydrogen (secondary N) is 3. The van der Waals surface area contributed by atoms with Crippen LogP contribution in [-0.2, 0) is 16.1 Å². The molecule has 2 fully saturated rings. The highest BCUT2D eigenvalue weighted by Crippen LogP contribution is 2.28. The first-order valence-electron chi connectivity index (χ1n) is 10.3. The highest BCUT2D eigenvalue weighted by atomic mass is 16.5. The van der Waals surface area contributed by atoms with Crippen molar-refractivity contribution in [3.63, 3.8) is 0 Å². The van der Waals surface area contributed by atoms with Crippen LogP contribution in [0.1, 0.15) is 52.5 Å². The summed E-state index contributed by atoms with van der Waals surface area (Å²) in [6.07, 6.45) is 1.54. The van der Waals surface area contributed by atoms with Gasteiger partial charge in [0.1, 0.15) is 11.8 Å². The third kappa shape index (κ3) is 5.30. The lowest BCUT2D eigenvalue weighted by Crippen LogP contribution is -2.62. The maximum Gasteiger partial charge on any atom is 0.325 e. The van der Waals surface area contributed by atoms with Gasteiger partial charge in [0.05, 0.1) is 20.1 Å². The number of piperidine rings is 1. The van der Waals surface area contributed by atoms with E-state index in [9.17, 15) is 14.4 Å². The van der Waals surface area contributed by atoms with Crippen molar-refractivity contribution in [2.24, 2.45) is 0 Å². The van der Waals surface area contributed by atoms with Crippen LogP contribution in [-0.4, -0.2) is 53.0 Å². The molecule has 1 aromatic rings. The predicted octanol–water partition coefficient (Wildman–Crippen LogP) is 1.93.